The first-order valence-corrected chi connectivity index (χ1v) is 9.40. The molecule has 0 aliphatic rings. The van der Waals surface area contributed by atoms with Gasteiger partial charge >= 0.3 is 0 Å². The fraction of sp³-hybridized carbons (Fsp3) is 0.273. The van der Waals surface area contributed by atoms with Gasteiger partial charge < -0.3 is 9.64 Å². The summed E-state index contributed by atoms with van der Waals surface area (Å²) in [5, 5.41) is 5.40. The van der Waals surface area contributed by atoms with E-state index in [0.29, 0.717) is 6.61 Å². The minimum Gasteiger partial charge on any atom is -0.494 e. The zero-order valence-corrected chi connectivity index (χ0v) is 16.1. The third-order valence-electron chi connectivity index (χ3n) is 4.45. The minimum atomic E-state index is 0.640. The Balaban J connectivity index is 1.72. The Morgan fingerprint density at radius 1 is 1.04 bits per heavy atom. The fourth-order valence-electron chi connectivity index (χ4n) is 3.02. The maximum atomic E-state index is 5.54. The van der Waals surface area contributed by atoms with Crippen LogP contribution in [0.15, 0.2) is 59.8 Å². The van der Waals surface area contributed by atoms with Gasteiger partial charge in [0.05, 0.1) is 24.0 Å². The monoisotopic (exact) mass is 362 g/mol. The number of benzene rings is 2. The lowest BCUT2D eigenvalue weighted by Gasteiger charge is -2.20. The van der Waals surface area contributed by atoms with Crippen LogP contribution in [0.4, 0.5) is 11.4 Å². The summed E-state index contributed by atoms with van der Waals surface area (Å²) in [5.74, 6) is 0.825. The number of hydrazone groups is 1. The molecule has 0 saturated heterocycles. The van der Waals surface area contributed by atoms with E-state index in [1.54, 1.807) is 6.20 Å². The van der Waals surface area contributed by atoms with Gasteiger partial charge in [0.15, 0.2) is 0 Å². The Kier molecular flexibility index (Phi) is 6.26. The Morgan fingerprint density at radius 3 is 2.52 bits per heavy atom. The molecule has 1 aromatic heterocycles. The quantitative estimate of drug-likeness (QED) is 0.456. The summed E-state index contributed by atoms with van der Waals surface area (Å²) in [7, 11) is 0. The van der Waals surface area contributed by atoms with E-state index in [1.807, 2.05) is 37.4 Å². The molecule has 3 rings (SSSR count). The van der Waals surface area contributed by atoms with Gasteiger partial charge in [-0.2, -0.15) is 5.10 Å². The third kappa shape index (κ3) is 4.56. The van der Waals surface area contributed by atoms with Crippen molar-refractivity contribution in [3.05, 3.63) is 60.3 Å². The van der Waals surface area contributed by atoms with Crippen LogP contribution in [0.1, 0.15) is 26.3 Å². The Hall–Kier alpha value is -3.08. The van der Waals surface area contributed by atoms with Gasteiger partial charge in [0, 0.05) is 36.4 Å². The number of nitrogens with zero attached hydrogens (tertiary/aromatic N) is 3. The summed E-state index contributed by atoms with van der Waals surface area (Å²) in [6.45, 7) is 8.95. The van der Waals surface area contributed by atoms with Crippen molar-refractivity contribution in [3.63, 3.8) is 0 Å². The Morgan fingerprint density at radius 2 is 1.81 bits per heavy atom. The van der Waals surface area contributed by atoms with Crippen molar-refractivity contribution < 1.29 is 4.74 Å². The molecular formula is C22H26N4O. The molecule has 0 radical (unpaired) electrons. The van der Waals surface area contributed by atoms with Crippen LogP contribution in [-0.4, -0.2) is 30.9 Å². The second-order valence-corrected chi connectivity index (χ2v) is 6.10. The molecule has 5 heteroatoms. The van der Waals surface area contributed by atoms with E-state index in [2.05, 4.69) is 58.5 Å². The highest BCUT2D eigenvalue weighted by Crippen LogP contribution is 2.25. The minimum absolute atomic E-state index is 0.640. The molecule has 0 unspecified atom stereocenters. The van der Waals surface area contributed by atoms with Gasteiger partial charge in [-0.15, -0.1) is 0 Å². The van der Waals surface area contributed by atoms with Crippen LogP contribution in [0.25, 0.3) is 10.9 Å². The van der Waals surface area contributed by atoms with Crippen molar-refractivity contribution in [3.8, 4) is 5.75 Å². The summed E-state index contributed by atoms with van der Waals surface area (Å²) in [6.07, 6.45) is 3.60. The van der Waals surface area contributed by atoms with Crippen LogP contribution in [-0.2, 0) is 0 Å². The second-order valence-electron chi connectivity index (χ2n) is 6.10. The summed E-state index contributed by atoms with van der Waals surface area (Å²) in [4.78, 5) is 6.74. The van der Waals surface area contributed by atoms with Gasteiger partial charge in [-0.25, -0.2) is 0 Å². The largest absolute Gasteiger partial charge is 0.494 e. The smallest absolute Gasteiger partial charge is 0.121 e. The van der Waals surface area contributed by atoms with Gasteiger partial charge in [0.1, 0.15) is 5.75 Å². The van der Waals surface area contributed by atoms with Gasteiger partial charge in [-0.1, -0.05) is 12.1 Å². The molecule has 0 aliphatic carbocycles. The van der Waals surface area contributed by atoms with Crippen LogP contribution in [0.2, 0.25) is 0 Å². The first-order valence-electron chi connectivity index (χ1n) is 9.40. The SMILES string of the molecule is CCOc1ccc2c(N/N=C/c3ccc(N(CC)CC)cc3)ccnc2c1. The number of fused-ring (bicyclic) bond motifs is 1. The third-order valence-corrected chi connectivity index (χ3v) is 4.45. The number of ether oxygens (including phenoxy) is 1. The second kappa shape index (κ2) is 9.03. The first kappa shape index (κ1) is 18.7. The molecule has 3 aromatic rings. The number of hydrogen-bond acceptors (Lipinski definition) is 5. The lowest BCUT2D eigenvalue weighted by molar-refractivity contribution is 0.340. The Bertz CT molecular complexity index is 902. The van der Waals surface area contributed by atoms with Crippen molar-refractivity contribution >= 4 is 28.5 Å². The molecule has 2 aromatic carbocycles. The predicted octanol–water partition coefficient (Wildman–Crippen LogP) is 4.93. The highest BCUT2D eigenvalue weighted by molar-refractivity contribution is 5.92. The van der Waals surface area contributed by atoms with E-state index in [-0.39, 0.29) is 0 Å². The fourth-order valence-corrected chi connectivity index (χ4v) is 3.02. The number of hydrogen-bond donors (Lipinski definition) is 1. The van der Waals surface area contributed by atoms with E-state index < -0.39 is 0 Å². The molecule has 0 bridgehead atoms. The van der Waals surface area contributed by atoms with Crippen LogP contribution in [0.5, 0.6) is 5.75 Å². The number of rotatable bonds is 8. The van der Waals surface area contributed by atoms with Gasteiger partial charge in [-0.05, 0) is 56.7 Å². The molecule has 0 fully saturated rings. The van der Waals surface area contributed by atoms with Crippen molar-refractivity contribution in [2.45, 2.75) is 20.8 Å². The standard InChI is InChI=1S/C22H26N4O/c1-4-26(5-2)18-9-7-17(8-10-18)16-24-25-21-13-14-23-22-15-19(27-6-3)11-12-20(21)22/h7-16H,4-6H2,1-3H3,(H,23,25)/b24-16+. The zero-order chi connectivity index (χ0) is 19.1. The number of nitrogens with one attached hydrogen (secondary N) is 1. The number of anilines is 2. The number of aromatic nitrogens is 1. The van der Waals surface area contributed by atoms with Crippen LogP contribution >= 0.6 is 0 Å². The topological polar surface area (TPSA) is 49.8 Å². The lowest BCUT2D eigenvalue weighted by Crippen LogP contribution is -2.21. The molecule has 0 amide bonds. The summed E-state index contributed by atoms with van der Waals surface area (Å²) >= 11 is 0. The predicted molar refractivity (Wildman–Crippen MR) is 114 cm³/mol. The molecule has 0 aliphatic heterocycles. The highest BCUT2D eigenvalue weighted by atomic mass is 16.5. The van der Waals surface area contributed by atoms with Gasteiger partial charge in [0.25, 0.3) is 0 Å². The normalized spacial score (nSPS) is 11.1. The van der Waals surface area contributed by atoms with Crippen molar-refractivity contribution in [1.29, 1.82) is 0 Å². The zero-order valence-electron chi connectivity index (χ0n) is 16.1. The number of pyridine rings is 1. The molecule has 0 saturated carbocycles. The molecular weight excluding hydrogens is 336 g/mol. The van der Waals surface area contributed by atoms with E-state index in [9.17, 15) is 0 Å². The van der Waals surface area contributed by atoms with E-state index in [0.717, 1.165) is 41.0 Å². The summed E-state index contributed by atoms with van der Waals surface area (Å²) in [5.41, 5.74) is 7.20. The molecule has 1 heterocycles. The lowest BCUT2D eigenvalue weighted by atomic mass is 10.2. The highest BCUT2D eigenvalue weighted by Gasteiger charge is 2.03. The molecule has 5 nitrogen and oxygen atoms in total. The van der Waals surface area contributed by atoms with Gasteiger partial charge in [-0.3, -0.25) is 10.4 Å². The van der Waals surface area contributed by atoms with Crippen molar-refractivity contribution in [2.24, 2.45) is 5.10 Å². The van der Waals surface area contributed by atoms with Crippen LogP contribution in [0, 0.1) is 0 Å². The average Bonchev–Trinajstić information content (AvgIpc) is 2.70. The molecule has 27 heavy (non-hydrogen) atoms. The molecule has 0 spiro atoms. The molecule has 0 atom stereocenters. The van der Waals surface area contributed by atoms with Crippen LogP contribution < -0.4 is 15.1 Å². The molecule has 140 valence electrons. The average molecular weight is 362 g/mol. The summed E-state index contributed by atoms with van der Waals surface area (Å²) in [6, 6.07) is 16.2. The van der Waals surface area contributed by atoms with Gasteiger partial charge in [0.2, 0.25) is 0 Å². The maximum Gasteiger partial charge on any atom is 0.121 e. The maximum absolute atomic E-state index is 5.54. The van der Waals surface area contributed by atoms with E-state index in [1.165, 1.54) is 5.69 Å². The van der Waals surface area contributed by atoms with E-state index in [4.69, 9.17) is 4.74 Å². The van der Waals surface area contributed by atoms with E-state index >= 15 is 0 Å². The van der Waals surface area contributed by atoms with Crippen LogP contribution in [0.3, 0.4) is 0 Å². The Labute approximate surface area is 160 Å². The molecule has 1 N–H and O–H groups in total. The van der Waals surface area contributed by atoms with Crippen molar-refractivity contribution in [2.75, 3.05) is 30.0 Å². The summed E-state index contributed by atoms with van der Waals surface area (Å²) < 4.78 is 5.54. The first-order chi connectivity index (χ1) is 13.2. The van der Waals surface area contributed by atoms with Crippen molar-refractivity contribution in [1.82, 2.24) is 4.98 Å².